The van der Waals surface area contributed by atoms with Crippen LogP contribution in [0.2, 0.25) is 0 Å². The van der Waals surface area contributed by atoms with Crippen molar-refractivity contribution in [1.82, 2.24) is 4.90 Å². The largest absolute Gasteiger partial charge is 0.330 e. The number of nitrogens with zero attached hydrogens (tertiary/aromatic N) is 1. The first-order valence-corrected chi connectivity index (χ1v) is 4.23. The molecule has 1 saturated heterocycles. The number of rotatable bonds is 2. The maximum atomic E-state index is 11.1. The first-order chi connectivity index (χ1) is 5.16. The van der Waals surface area contributed by atoms with Gasteiger partial charge < -0.3 is 5.73 Å². The van der Waals surface area contributed by atoms with Crippen LogP contribution in [-0.4, -0.2) is 34.9 Å². The summed E-state index contributed by atoms with van der Waals surface area (Å²) in [5, 5.41) is -0.411. The molecule has 2 amide bonds. The predicted octanol–water partition coefficient (Wildman–Crippen LogP) is 0.0290. The van der Waals surface area contributed by atoms with Crippen LogP contribution >= 0.6 is 11.8 Å². The molecule has 1 fully saturated rings. The van der Waals surface area contributed by atoms with E-state index in [1.807, 2.05) is 0 Å². The van der Waals surface area contributed by atoms with E-state index in [0.717, 1.165) is 16.7 Å². The van der Waals surface area contributed by atoms with E-state index in [1.165, 1.54) is 7.05 Å². The van der Waals surface area contributed by atoms with Crippen LogP contribution in [0.1, 0.15) is 6.42 Å². The van der Waals surface area contributed by atoms with Crippen molar-refractivity contribution < 1.29 is 9.59 Å². The van der Waals surface area contributed by atoms with Crippen molar-refractivity contribution in [3.05, 3.63) is 0 Å². The van der Waals surface area contributed by atoms with Crippen LogP contribution in [0.5, 0.6) is 0 Å². The predicted molar refractivity (Wildman–Crippen MR) is 43.2 cm³/mol. The lowest BCUT2D eigenvalue weighted by Crippen LogP contribution is -2.28. The molecule has 2 N–H and O–H groups in total. The SMILES string of the molecule is CN1C(=O)SC(CCN)C1=O. The summed E-state index contributed by atoms with van der Waals surface area (Å²) in [6, 6.07) is 0. The van der Waals surface area contributed by atoms with Gasteiger partial charge in [-0.3, -0.25) is 14.5 Å². The summed E-state index contributed by atoms with van der Waals surface area (Å²) in [4.78, 5) is 23.2. The molecule has 1 aliphatic heterocycles. The van der Waals surface area contributed by atoms with E-state index in [0.29, 0.717) is 13.0 Å². The van der Waals surface area contributed by atoms with Gasteiger partial charge >= 0.3 is 0 Å². The quantitative estimate of drug-likeness (QED) is 0.641. The molecule has 0 radical (unpaired) electrons. The number of carbonyl (C=O) groups excluding carboxylic acids is 2. The summed E-state index contributed by atoms with van der Waals surface area (Å²) >= 11 is 1.06. The highest BCUT2D eigenvalue weighted by atomic mass is 32.2. The Kier molecular flexibility index (Phi) is 2.51. The number of nitrogens with two attached hydrogens (primary N) is 1. The van der Waals surface area contributed by atoms with Gasteiger partial charge in [0.15, 0.2) is 0 Å². The Balaban J connectivity index is 2.60. The molecule has 0 aromatic rings. The fourth-order valence-electron chi connectivity index (χ4n) is 0.891. The molecule has 62 valence electrons. The van der Waals surface area contributed by atoms with E-state index in [-0.39, 0.29) is 16.4 Å². The first kappa shape index (κ1) is 8.55. The fraction of sp³-hybridized carbons (Fsp3) is 0.667. The van der Waals surface area contributed by atoms with E-state index in [9.17, 15) is 9.59 Å². The van der Waals surface area contributed by atoms with Gasteiger partial charge in [0.05, 0.1) is 5.25 Å². The molecule has 1 rings (SSSR count). The van der Waals surface area contributed by atoms with Gasteiger partial charge in [0.25, 0.3) is 5.24 Å². The van der Waals surface area contributed by atoms with Crippen LogP contribution in [0.4, 0.5) is 4.79 Å². The van der Waals surface area contributed by atoms with Gasteiger partial charge in [0.2, 0.25) is 5.91 Å². The molecule has 0 saturated carbocycles. The van der Waals surface area contributed by atoms with E-state index < -0.39 is 0 Å². The Labute approximate surface area is 69.1 Å². The highest BCUT2D eigenvalue weighted by Crippen LogP contribution is 2.27. The normalized spacial score (nSPS) is 24.9. The lowest BCUT2D eigenvalue weighted by molar-refractivity contribution is -0.125. The summed E-state index contributed by atoms with van der Waals surface area (Å²) in [6.45, 7) is 0.449. The number of thioether (sulfide) groups is 1. The fourth-order valence-corrected chi connectivity index (χ4v) is 1.90. The van der Waals surface area contributed by atoms with Crippen LogP contribution in [0.25, 0.3) is 0 Å². The molecule has 1 unspecified atom stereocenters. The zero-order valence-corrected chi connectivity index (χ0v) is 7.06. The zero-order valence-electron chi connectivity index (χ0n) is 6.24. The number of hydrogen-bond acceptors (Lipinski definition) is 4. The van der Waals surface area contributed by atoms with Crippen molar-refractivity contribution in [2.45, 2.75) is 11.7 Å². The van der Waals surface area contributed by atoms with Crippen LogP contribution < -0.4 is 5.73 Å². The van der Waals surface area contributed by atoms with Crippen molar-refractivity contribution in [1.29, 1.82) is 0 Å². The third-order valence-corrected chi connectivity index (χ3v) is 2.75. The highest BCUT2D eigenvalue weighted by molar-refractivity contribution is 8.15. The second-order valence-electron chi connectivity index (χ2n) is 2.35. The number of carbonyl (C=O) groups is 2. The van der Waals surface area contributed by atoms with E-state index in [2.05, 4.69) is 0 Å². The zero-order chi connectivity index (χ0) is 8.43. The van der Waals surface area contributed by atoms with Gasteiger partial charge in [0.1, 0.15) is 0 Å². The van der Waals surface area contributed by atoms with Crippen molar-refractivity contribution >= 4 is 22.9 Å². The molecule has 4 nitrogen and oxygen atoms in total. The average Bonchev–Trinajstić information content (AvgIpc) is 2.19. The molecule has 1 aliphatic rings. The van der Waals surface area contributed by atoms with Gasteiger partial charge in [-0.2, -0.15) is 0 Å². The molecule has 0 aliphatic carbocycles. The van der Waals surface area contributed by atoms with Crippen molar-refractivity contribution in [3.8, 4) is 0 Å². The lowest BCUT2D eigenvalue weighted by atomic mass is 10.3. The third kappa shape index (κ3) is 1.54. The van der Waals surface area contributed by atoms with Crippen LogP contribution in [-0.2, 0) is 4.79 Å². The molecule has 0 spiro atoms. The van der Waals surface area contributed by atoms with Gasteiger partial charge in [-0.25, -0.2) is 0 Å². The van der Waals surface area contributed by atoms with Gasteiger partial charge in [-0.05, 0) is 13.0 Å². The summed E-state index contributed by atoms with van der Waals surface area (Å²) in [5.41, 5.74) is 5.27. The Morgan fingerprint density at radius 1 is 1.64 bits per heavy atom. The lowest BCUT2D eigenvalue weighted by Gasteiger charge is -2.04. The smallest absolute Gasteiger partial charge is 0.288 e. The standard InChI is InChI=1S/C6H10N2O2S/c1-8-5(9)4(2-3-7)11-6(8)10/h4H,2-3,7H2,1H3. The first-order valence-electron chi connectivity index (χ1n) is 3.35. The van der Waals surface area contributed by atoms with Crippen molar-refractivity contribution in [2.75, 3.05) is 13.6 Å². The monoisotopic (exact) mass is 174 g/mol. The highest BCUT2D eigenvalue weighted by Gasteiger charge is 2.36. The third-order valence-electron chi connectivity index (χ3n) is 1.55. The summed E-state index contributed by atoms with van der Waals surface area (Å²) < 4.78 is 0. The summed E-state index contributed by atoms with van der Waals surface area (Å²) in [6.07, 6.45) is 0.583. The van der Waals surface area contributed by atoms with E-state index in [1.54, 1.807) is 0 Å². The van der Waals surface area contributed by atoms with Crippen molar-refractivity contribution in [3.63, 3.8) is 0 Å². The minimum absolute atomic E-state index is 0.120. The average molecular weight is 174 g/mol. The molecule has 11 heavy (non-hydrogen) atoms. The molecular weight excluding hydrogens is 164 g/mol. The molecule has 1 atom stereocenters. The summed E-state index contributed by atoms with van der Waals surface area (Å²) in [5.74, 6) is -0.120. The van der Waals surface area contributed by atoms with Crippen LogP contribution in [0.3, 0.4) is 0 Å². The van der Waals surface area contributed by atoms with Gasteiger partial charge in [-0.15, -0.1) is 0 Å². The number of amides is 2. The maximum Gasteiger partial charge on any atom is 0.288 e. The molecular formula is C6H10N2O2S. The van der Waals surface area contributed by atoms with E-state index in [4.69, 9.17) is 5.73 Å². The second-order valence-corrected chi connectivity index (χ2v) is 3.50. The van der Waals surface area contributed by atoms with Gasteiger partial charge in [-0.1, -0.05) is 11.8 Å². The van der Waals surface area contributed by atoms with Crippen LogP contribution in [0.15, 0.2) is 0 Å². The Bertz CT molecular complexity index is 195. The van der Waals surface area contributed by atoms with Crippen LogP contribution in [0, 0.1) is 0 Å². The van der Waals surface area contributed by atoms with E-state index >= 15 is 0 Å². The Hall–Kier alpha value is -0.550. The minimum Gasteiger partial charge on any atom is -0.330 e. The molecule has 0 aromatic heterocycles. The molecule has 1 heterocycles. The molecule has 0 bridgehead atoms. The molecule has 0 aromatic carbocycles. The molecule has 5 heteroatoms. The summed E-state index contributed by atoms with van der Waals surface area (Å²) in [7, 11) is 1.49. The Morgan fingerprint density at radius 2 is 2.27 bits per heavy atom. The number of hydrogen-bond donors (Lipinski definition) is 1. The Morgan fingerprint density at radius 3 is 2.64 bits per heavy atom. The number of imide groups is 1. The maximum absolute atomic E-state index is 11.1. The second kappa shape index (κ2) is 3.23. The minimum atomic E-state index is -0.238. The van der Waals surface area contributed by atoms with Gasteiger partial charge in [0, 0.05) is 7.05 Å². The topological polar surface area (TPSA) is 63.4 Å². The van der Waals surface area contributed by atoms with Crippen molar-refractivity contribution in [2.24, 2.45) is 5.73 Å².